The lowest BCUT2D eigenvalue weighted by atomic mass is 10.1. The number of hydrogen-bond donors (Lipinski definition) is 1. The minimum Gasteiger partial charge on any atom is -0.481 e. The summed E-state index contributed by atoms with van der Waals surface area (Å²) in [4.78, 5) is 27.9. The van der Waals surface area contributed by atoms with E-state index in [0.29, 0.717) is 5.82 Å². The van der Waals surface area contributed by atoms with Crippen LogP contribution >= 0.6 is 0 Å². The van der Waals surface area contributed by atoms with Crippen LogP contribution in [0.1, 0.15) is 12.0 Å². The van der Waals surface area contributed by atoms with E-state index < -0.39 is 11.9 Å². The van der Waals surface area contributed by atoms with E-state index in [4.69, 9.17) is 5.11 Å². The molecule has 0 spiro atoms. The third-order valence-corrected chi connectivity index (χ3v) is 2.65. The zero-order valence-electron chi connectivity index (χ0n) is 8.88. The van der Waals surface area contributed by atoms with Gasteiger partial charge in [-0.1, -0.05) is 0 Å². The van der Waals surface area contributed by atoms with Crippen molar-refractivity contribution in [2.24, 2.45) is 5.92 Å². The molecule has 0 radical (unpaired) electrons. The smallest absolute Gasteiger partial charge is 0.308 e. The van der Waals surface area contributed by atoms with E-state index in [0.717, 1.165) is 5.56 Å². The molecule has 0 saturated carbocycles. The summed E-state index contributed by atoms with van der Waals surface area (Å²) in [5, 5.41) is 8.85. The predicted molar refractivity (Wildman–Crippen MR) is 57.1 cm³/mol. The summed E-state index contributed by atoms with van der Waals surface area (Å²) in [5.41, 5.74) is 0.997. The Labute approximate surface area is 92.7 Å². The molecule has 2 heterocycles. The van der Waals surface area contributed by atoms with E-state index in [1.54, 1.807) is 12.3 Å². The van der Waals surface area contributed by atoms with Gasteiger partial charge in [-0.25, -0.2) is 4.98 Å². The highest BCUT2D eigenvalue weighted by Crippen LogP contribution is 2.23. The summed E-state index contributed by atoms with van der Waals surface area (Å²) < 4.78 is 0. The minimum absolute atomic E-state index is 0.0605. The Morgan fingerprint density at radius 1 is 1.62 bits per heavy atom. The predicted octanol–water partition coefficient (Wildman–Crippen LogP) is 0.828. The molecule has 0 bridgehead atoms. The van der Waals surface area contributed by atoms with Crippen LogP contribution in [0.2, 0.25) is 0 Å². The minimum atomic E-state index is -0.927. The number of nitrogens with zero attached hydrogens (tertiary/aromatic N) is 2. The van der Waals surface area contributed by atoms with Crippen LogP contribution in [0, 0.1) is 12.8 Å². The second kappa shape index (κ2) is 3.92. The Hall–Kier alpha value is -1.91. The lowest BCUT2D eigenvalue weighted by molar-refractivity contribution is -0.141. The van der Waals surface area contributed by atoms with Gasteiger partial charge in [0.1, 0.15) is 5.82 Å². The molecule has 5 heteroatoms. The van der Waals surface area contributed by atoms with Crippen molar-refractivity contribution >= 4 is 17.7 Å². The van der Waals surface area contributed by atoms with Crippen molar-refractivity contribution in [3.63, 3.8) is 0 Å². The second-order valence-corrected chi connectivity index (χ2v) is 3.94. The molecule has 1 saturated heterocycles. The summed E-state index contributed by atoms with van der Waals surface area (Å²) in [7, 11) is 0. The van der Waals surface area contributed by atoms with Gasteiger partial charge in [0.15, 0.2) is 0 Å². The Bertz CT molecular complexity index is 445. The molecule has 1 unspecified atom stereocenters. The molecular weight excluding hydrogens is 208 g/mol. The van der Waals surface area contributed by atoms with E-state index in [-0.39, 0.29) is 18.9 Å². The van der Waals surface area contributed by atoms with Gasteiger partial charge in [-0.2, -0.15) is 0 Å². The fourth-order valence-corrected chi connectivity index (χ4v) is 1.76. The molecule has 1 aromatic heterocycles. The van der Waals surface area contributed by atoms with Crippen LogP contribution in [0.4, 0.5) is 5.82 Å². The van der Waals surface area contributed by atoms with Gasteiger partial charge in [-0.05, 0) is 24.6 Å². The molecule has 1 amide bonds. The Balaban J connectivity index is 2.23. The standard InChI is InChI=1S/C11H12N2O3/c1-7-2-3-12-9(4-7)13-6-8(11(15)16)5-10(13)14/h2-4,8H,5-6H2,1H3,(H,15,16). The van der Waals surface area contributed by atoms with E-state index in [1.807, 2.05) is 13.0 Å². The van der Waals surface area contributed by atoms with Gasteiger partial charge in [0.05, 0.1) is 5.92 Å². The molecule has 5 nitrogen and oxygen atoms in total. The van der Waals surface area contributed by atoms with Crippen molar-refractivity contribution in [1.29, 1.82) is 0 Å². The lowest BCUT2D eigenvalue weighted by Crippen LogP contribution is -2.26. The molecule has 84 valence electrons. The van der Waals surface area contributed by atoms with Crippen LogP contribution < -0.4 is 4.90 Å². The van der Waals surface area contributed by atoms with Gasteiger partial charge in [0.25, 0.3) is 0 Å². The first-order chi connectivity index (χ1) is 7.58. The molecule has 1 aliphatic rings. The van der Waals surface area contributed by atoms with Gasteiger partial charge in [-0.15, -0.1) is 0 Å². The molecule has 1 aliphatic heterocycles. The van der Waals surface area contributed by atoms with Crippen molar-refractivity contribution in [3.05, 3.63) is 23.9 Å². The maximum absolute atomic E-state index is 11.6. The fraction of sp³-hybridized carbons (Fsp3) is 0.364. The molecular formula is C11H12N2O3. The summed E-state index contributed by atoms with van der Waals surface area (Å²) in [6.07, 6.45) is 1.68. The zero-order chi connectivity index (χ0) is 11.7. The highest BCUT2D eigenvalue weighted by molar-refractivity contribution is 5.98. The van der Waals surface area contributed by atoms with E-state index in [2.05, 4.69) is 4.98 Å². The third kappa shape index (κ3) is 1.88. The number of carboxylic acid groups (broad SMARTS) is 1. The summed E-state index contributed by atoms with van der Waals surface area (Å²) >= 11 is 0. The molecule has 2 rings (SSSR count). The lowest BCUT2D eigenvalue weighted by Gasteiger charge is -2.14. The average molecular weight is 220 g/mol. The maximum atomic E-state index is 11.6. The number of carbonyl (C=O) groups excluding carboxylic acids is 1. The highest BCUT2D eigenvalue weighted by Gasteiger charge is 2.35. The first-order valence-electron chi connectivity index (χ1n) is 5.04. The second-order valence-electron chi connectivity index (χ2n) is 3.94. The number of carbonyl (C=O) groups is 2. The third-order valence-electron chi connectivity index (χ3n) is 2.65. The van der Waals surface area contributed by atoms with Crippen LogP contribution in [-0.4, -0.2) is 28.5 Å². The number of pyridine rings is 1. The number of amides is 1. The van der Waals surface area contributed by atoms with Crippen LogP contribution in [-0.2, 0) is 9.59 Å². The number of rotatable bonds is 2. The Morgan fingerprint density at radius 2 is 2.38 bits per heavy atom. The number of carboxylic acids is 1. The summed E-state index contributed by atoms with van der Waals surface area (Å²) in [6, 6.07) is 3.61. The van der Waals surface area contributed by atoms with Crippen molar-refractivity contribution < 1.29 is 14.7 Å². The van der Waals surface area contributed by atoms with Gasteiger partial charge < -0.3 is 5.11 Å². The zero-order valence-corrected chi connectivity index (χ0v) is 8.88. The molecule has 1 N–H and O–H groups in total. The van der Waals surface area contributed by atoms with Crippen molar-refractivity contribution in [1.82, 2.24) is 4.98 Å². The monoisotopic (exact) mass is 220 g/mol. The fourth-order valence-electron chi connectivity index (χ4n) is 1.76. The summed E-state index contributed by atoms with van der Waals surface area (Å²) in [6.45, 7) is 2.12. The maximum Gasteiger partial charge on any atom is 0.308 e. The van der Waals surface area contributed by atoms with Crippen LogP contribution in [0.5, 0.6) is 0 Å². The number of aryl methyl sites for hydroxylation is 1. The largest absolute Gasteiger partial charge is 0.481 e. The number of anilines is 1. The van der Waals surface area contributed by atoms with E-state index >= 15 is 0 Å². The van der Waals surface area contributed by atoms with Gasteiger partial charge in [-0.3, -0.25) is 14.5 Å². The molecule has 1 aromatic rings. The van der Waals surface area contributed by atoms with Gasteiger partial charge in [0.2, 0.25) is 5.91 Å². The first-order valence-corrected chi connectivity index (χ1v) is 5.04. The number of aromatic nitrogens is 1. The highest BCUT2D eigenvalue weighted by atomic mass is 16.4. The molecule has 1 fully saturated rings. The van der Waals surface area contributed by atoms with Crippen LogP contribution in [0.25, 0.3) is 0 Å². The number of hydrogen-bond acceptors (Lipinski definition) is 3. The van der Waals surface area contributed by atoms with E-state index in [9.17, 15) is 9.59 Å². The first kappa shape index (κ1) is 10.6. The van der Waals surface area contributed by atoms with E-state index in [1.165, 1.54) is 4.90 Å². The molecule has 0 aromatic carbocycles. The SMILES string of the molecule is Cc1ccnc(N2CC(C(=O)O)CC2=O)c1. The molecule has 1 atom stereocenters. The molecule has 16 heavy (non-hydrogen) atoms. The van der Waals surface area contributed by atoms with Gasteiger partial charge in [0, 0.05) is 19.2 Å². The molecule has 0 aliphatic carbocycles. The normalized spacial score (nSPS) is 20.2. The summed E-state index contributed by atoms with van der Waals surface area (Å²) in [5.74, 6) is -1.18. The van der Waals surface area contributed by atoms with Crippen molar-refractivity contribution in [2.75, 3.05) is 11.4 Å². The van der Waals surface area contributed by atoms with Gasteiger partial charge >= 0.3 is 5.97 Å². The van der Waals surface area contributed by atoms with Crippen molar-refractivity contribution in [3.8, 4) is 0 Å². The number of aliphatic carboxylic acids is 1. The van der Waals surface area contributed by atoms with Crippen LogP contribution in [0.15, 0.2) is 18.3 Å². The topological polar surface area (TPSA) is 70.5 Å². The Kier molecular flexibility index (Phi) is 2.60. The quantitative estimate of drug-likeness (QED) is 0.801. The van der Waals surface area contributed by atoms with Crippen LogP contribution in [0.3, 0.4) is 0 Å². The van der Waals surface area contributed by atoms with Crippen molar-refractivity contribution in [2.45, 2.75) is 13.3 Å². The average Bonchev–Trinajstić information content (AvgIpc) is 2.60. The Morgan fingerprint density at radius 3 is 2.94 bits per heavy atom.